The number of halogens is 4. The summed E-state index contributed by atoms with van der Waals surface area (Å²) in [6.45, 7) is 1.20. The topological polar surface area (TPSA) is 39.2 Å². The maximum atomic E-state index is 12.9. The molecule has 0 saturated carbocycles. The van der Waals surface area contributed by atoms with Crippen molar-refractivity contribution in [3.8, 4) is 0 Å². The average molecular weight is 223 g/mol. The van der Waals surface area contributed by atoms with E-state index < -0.39 is 35.1 Å². The molecule has 0 amide bonds. The van der Waals surface area contributed by atoms with Crippen LogP contribution in [-0.4, -0.2) is 17.6 Å². The first kappa shape index (κ1) is 11.4. The van der Waals surface area contributed by atoms with E-state index in [1.807, 2.05) is 0 Å². The molecule has 0 spiro atoms. The monoisotopic (exact) mass is 223 g/mol. The van der Waals surface area contributed by atoms with E-state index in [-0.39, 0.29) is 6.61 Å². The van der Waals surface area contributed by atoms with Gasteiger partial charge in [0, 0.05) is 0 Å². The molecule has 1 heterocycles. The van der Waals surface area contributed by atoms with Gasteiger partial charge >= 0.3 is 5.97 Å². The first-order valence-corrected chi connectivity index (χ1v) is 3.86. The molecule has 0 N–H and O–H groups in total. The fraction of sp³-hybridized carbons (Fsp3) is 0.250. The molecule has 15 heavy (non-hydrogen) atoms. The number of carbonyl (C=O) groups excluding carboxylic acids is 1. The van der Waals surface area contributed by atoms with Gasteiger partial charge in [-0.2, -0.15) is 13.8 Å². The Morgan fingerprint density at radius 1 is 1.20 bits per heavy atom. The number of aromatic nitrogens is 1. The van der Waals surface area contributed by atoms with Gasteiger partial charge in [-0.15, -0.1) is 0 Å². The lowest BCUT2D eigenvalue weighted by molar-refractivity contribution is 0.0511. The number of nitrogens with zero attached hydrogens (tertiary/aromatic N) is 1. The minimum Gasteiger partial charge on any atom is -0.462 e. The van der Waals surface area contributed by atoms with E-state index >= 15 is 0 Å². The summed E-state index contributed by atoms with van der Waals surface area (Å²) >= 11 is 0. The lowest BCUT2D eigenvalue weighted by atomic mass is 10.2. The largest absolute Gasteiger partial charge is 0.462 e. The number of hydrogen-bond acceptors (Lipinski definition) is 3. The molecular formula is C8H5F4NO2. The fourth-order valence-electron chi connectivity index (χ4n) is 0.869. The second-order valence-corrected chi connectivity index (χ2v) is 2.42. The highest BCUT2D eigenvalue weighted by molar-refractivity contribution is 5.89. The molecule has 0 bridgehead atoms. The Morgan fingerprint density at radius 3 is 2.07 bits per heavy atom. The Bertz CT molecular complexity index is 382. The summed E-state index contributed by atoms with van der Waals surface area (Å²) in [5, 5.41) is 0. The predicted octanol–water partition coefficient (Wildman–Crippen LogP) is 1.81. The number of rotatable bonds is 2. The van der Waals surface area contributed by atoms with E-state index in [1.54, 1.807) is 0 Å². The van der Waals surface area contributed by atoms with Crippen LogP contribution in [0.1, 0.15) is 17.3 Å². The Kier molecular flexibility index (Phi) is 3.23. The Labute approximate surface area is 81.7 Å². The van der Waals surface area contributed by atoms with Crippen molar-refractivity contribution in [2.45, 2.75) is 6.92 Å². The van der Waals surface area contributed by atoms with Crippen LogP contribution in [0, 0.1) is 23.5 Å². The van der Waals surface area contributed by atoms with Crippen molar-refractivity contribution in [3.63, 3.8) is 0 Å². The summed E-state index contributed by atoms with van der Waals surface area (Å²) in [6.07, 6.45) is 0. The number of ether oxygens (including phenoxy) is 1. The highest BCUT2D eigenvalue weighted by Crippen LogP contribution is 2.17. The van der Waals surface area contributed by atoms with Gasteiger partial charge in [-0.1, -0.05) is 0 Å². The minimum atomic E-state index is -1.89. The van der Waals surface area contributed by atoms with Crippen molar-refractivity contribution in [3.05, 3.63) is 29.1 Å². The van der Waals surface area contributed by atoms with Crippen LogP contribution in [0.3, 0.4) is 0 Å². The molecule has 0 aromatic carbocycles. The predicted molar refractivity (Wildman–Crippen MR) is 40.0 cm³/mol. The highest BCUT2D eigenvalue weighted by Gasteiger charge is 2.26. The minimum absolute atomic E-state index is 0.177. The quantitative estimate of drug-likeness (QED) is 0.436. The molecule has 0 fully saturated rings. The van der Waals surface area contributed by atoms with Crippen molar-refractivity contribution >= 4 is 5.97 Å². The van der Waals surface area contributed by atoms with Crippen molar-refractivity contribution in [1.82, 2.24) is 4.98 Å². The van der Waals surface area contributed by atoms with Crippen molar-refractivity contribution < 1.29 is 27.1 Å². The SMILES string of the molecule is CCOC(=O)c1c(F)c(F)nc(F)c1F. The number of hydrogen-bond donors (Lipinski definition) is 0. The summed E-state index contributed by atoms with van der Waals surface area (Å²) in [5.41, 5.74) is -1.41. The molecule has 0 radical (unpaired) electrons. The normalized spacial score (nSPS) is 10.2. The molecule has 0 unspecified atom stereocenters. The van der Waals surface area contributed by atoms with Crippen molar-refractivity contribution in [1.29, 1.82) is 0 Å². The van der Waals surface area contributed by atoms with E-state index in [2.05, 4.69) is 9.72 Å². The lowest BCUT2D eigenvalue weighted by Gasteiger charge is -2.04. The van der Waals surface area contributed by atoms with Crippen LogP contribution in [0.5, 0.6) is 0 Å². The maximum absolute atomic E-state index is 12.9. The second-order valence-electron chi connectivity index (χ2n) is 2.42. The molecule has 0 aliphatic carbocycles. The van der Waals surface area contributed by atoms with E-state index in [0.29, 0.717) is 0 Å². The number of carbonyl (C=O) groups is 1. The van der Waals surface area contributed by atoms with Gasteiger partial charge < -0.3 is 4.74 Å². The molecule has 0 aliphatic rings. The van der Waals surface area contributed by atoms with Gasteiger partial charge in [0.2, 0.25) is 0 Å². The summed E-state index contributed by atoms with van der Waals surface area (Å²) in [5.74, 6) is -9.00. The van der Waals surface area contributed by atoms with Crippen LogP contribution >= 0.6 is 0 Å². The molecule has 1 aromatic heterocycles. The first-order chi connectivity index (χ1) is 6.99. The van der Waals surface area contributed by atoms with E-state index in [0.717, 1.165) is 0 Å². The Morgan fingerprint density at radius 2 is 1.67 bits per heavy atom. The average Bonchev–Trinajstić information content (AvgIpc) is 2.16. The molecule has 0 aliphatic heterocycles. The van der Waals surface area contributed by atoms with Crippen LogP contribution in [0.25, 0.3) is 0 Å². The Hall–Kier alpha value is -1.66. The molecule has 1 aromatic rings. The third kappa shape index (κ3) is 2.05. The summed E-state index contributed by atoms with van der Waals surface area (Å²) in [7, 11) is 0. The third-order valence-electron chi connectivity index (χ3n) is 1.48. The molecule has 3 nitrogen and oxygen atoms in total. The van der Waals surface area contributed by atoms with Gasteiger partial charge in [0.1, 0.15) is 5.56 Å². The van der Waals surface area contributed by atoms with E-state index in [1.165, 1.54) is 6.92 Å². The first-order valence-electron chi connectivity index (χ1n) is 3.86. The standard InChI is InChI=1S/C8H5F4NO2/c1-2-15-8(14)3-4(9)6(11)13-7(12)5(3)10/h2H2,1H3. The van der Waals surface area contributed by atoms with Crippen LogP contribution in [0.2, 0.25) is 0 Å². The van der Waals surface area contributed by atoms with Gasteiger partial charge in [-0.05, 0) is 6.92 Å². The molecule has 7 heteroatoms. The molecule has 0 atom stereocenters. The molecular weight excluding hydrogens is 218 g/mol. The summed E-state index contributed by atoms with van der Waals surface area (Å²) in [6, 6.07) is 0. The summed E-state index contributed by atoms with van der Waals surface area (Å²) < 4.78 is 55.0. The van der Waals surface area contributed by atoms with Crippen LogP contribution in [-0.2, 0) is 4.74 Å². The van der Waals surface area contributed by atoms with Crippen molar-refractivity contribution in [2.24, 2.45) is 0 Å². The Balaban J connectivity index is 3.32. The molecule has 82 valence electrons. The van der Waals surface area contributed by atoms with E-state index in [9.17, 15) is 22.4 Å². The third-order valence-corrected chi connectivity index (χ3v) is 1.48. The molecule has 0 saturated heterocycles. The fourth-order valence-corrected chi connectivity index (χ4v) is 0.869. The van der Waals surface area contributed by atoms with Crippen LogP contribution < -0.4 is 0 Å². The maximum Gasteiger partial charge on any atom is 0.344 e. The van der Waals surface area contributed by atoms with Crippen molar-refractivity contribution in [2.75, 3.05) is 6.61 Å². The van der Waals surface area contributed by atoms with Gasteiger partial charge in [0.05, 0.1) is 6.61 Å². The number of esters is 1. The lowest BCUT2D eigenvalue weighted by Crippen LogP contribution is -2.14. The smallest absolute Gasteiger partial charge is 0.344 e. The highest BCUT2D eigenvalue weighted by atomic mass is 19.2. The summed E-state index contributed by atoms with van der Waals surface area (Å²) in [4.78, 5) is 13.2. The van der Waals surface area contributed by atoms with Crippen LogP contribution in [0.15, 0.2) is 0 Å². The zero-order valence-electron chi connectivity index (χ0n) is 7.48. The van der Waals surface area contributed by atoms with Gasteiger partial charge in [-0.25, -0.2) is 13.6 Å². The van der Waals surface area contributed by atoms with E-state index in [4.69, 9.17) is 0 Å². The zero-order valence-corrected chi connectivity index (χ0v) is 7.48. The van der Waals surface area contributed by atoms with Gasteiger partial charge in [-0.3, -0.25) is 0 Å². The second kappa shape index (κ2) is 4.24. The van der Waals surface area contributed by atoms with Gasteiger partial charge in [0.25, 0.3) is 11.9 Å². The van der Waals surface area contributed by atoms with Crippen LogP contribution in [0.4, 0.5) is 17.6 Å². The molecule has 1 rings (SSSR count). The number of pyridine rings is 1. The zero-order chi connectivity index (χ0) is 11.6. The van der Waals surface area contributed by atoms with Gasteiger partial charge in [0.15, 0.2) is 11.6 Å².